The third-order valence-corrected chi connectivity index (χ3v) is 8.24. The number of hydrogen-bond acceptors (Lipinski definition) is 4. The number of benzene rings is 2. The van der Waals surface area contributed by atoms with Crippen molar-refractivity contribution in [1.82, 2.24) is 15.3 Å². The Kier molecular flexibility index (Phi) is 7.56. The summed E-state index contributed by atoms with van der Waals surface area (Å²) in [6.45, 7) is 4.71. The van der Waals surface area contributed by atoms with Gasteiger partial charge in [0.25, 0.3) is 5.91 Å². The van der Waals surface area contributed by atoms with E-state index < -0.39 is 0 Å². The summed E-state index contributed by atoms with van der Waals surface area (Å²) in [6, 6.07) is 18.2. The molecule has 0 unspecified atom stereocenters. The Bertz CT molecular complexity index is 1170. The zero-order chi connectivity index (χ0) is 25.0. The number of carbonyl (C=O) groups excluding carboxylic acids is 1. The van der Waals surface area contributed by atoms with E-state index in [0.29, 0.717) is 12.1 Å². The van der Waals surface area contributed by atoms with Gasteiger partial charge in [-0.05, 0) is 54.9 Å². The van der Waals surface area contributed by atoms with E-state index in [-0.39, 0.29) is 11.3 Å². The SMILES string of the molecule is CC1CCN(c2ncc(C(=O)NCc3ccccc3)c(CC3(c4ccc(Cl)cc4)CCCC3)n2)CC1. The maximum atomic E-state index is 13.4. The summed E-state index contributed by atoms with van der Waals surface area (Å²) >= 11 is 6.21. The number of anilines is 1. The van der Waals surface area contributed by atoms with Gasteiger partial charge >= 0.3 is 0 Å². The van der Waals surface area contributed by atoms with Gasteiger partial charge in [-0.15, -0.1) is 0 Å². The van der Waals surface area contributed by atoms with Crippen molar-refractivity contribution < 1.29 is 4.79 Å². The Morgan fingerprint density at radius 1 is 1.06 bits per heavy atom. The number of aromatic nitrogens is 2. The summed E-state index contributed by atoms with van der Waals surface area (Å²) < 4.78 is 0. The van der Waals surface area contributed by atoms with Crippen LogP contribution in [-0.4, -0.2) is 29.0 Å². The van der Waals surface area contributed by atoms with E-state index in [9.17, 15) is 4.79 Å². The smallest absolute Gasteiger partial charge is 0.254 e. The molecule has 3 aromatic rings. The van der Waals surface area contributed by atoms with Crippen molar-refractivity contribution in [2.24, 2.45) is 5.92 Å². The number of nitrogens with zero attached hydrogens (tertiary/aromatic N) is 3. The van der Waals surface area contributed by atoms with E-state index >= 15 is 0 Å². The molecule has 5 nitrogen and oxygen atoms in total. The van der Waals surface area contributed by atoms with Crippen molar-refractivity contribution in [3.05, 3.63) is 88.2 Å². The van der Waals surface area contributed by atoms with E-state index in [1.165, 1.54) is 18.4 Å². The van der Waals surface area contributed by atoms with Crippen LogP contribution in [0.1, 0.15) is 72.6 Å². The lowest BCUT2D eigenvalue weighted by Crippen LogP contribution is -2.35. The van der Waals surface area contributed by atoms with E-state index in [1.54, 1.807) is 6.20 Å². The Balaban J connectivity index is 1.46. The largest absolute Gasteiger partial charge is 0.348 e. The second-order valence-corrected chi connectivity index (χ2v) is 11.0. The van der Waals surface area contributed by atoms with Crippen LogP contribution in [0.25, 0.3) is 0 Å². The molecule has 1 N–H and O–H groups in total. The highest BCUT2D eigenvalue weighted by atomic mass is 35.5. The highest BCUT2D eigenvalue weighted by Gasteiger charge is 2.37. The first kappa shape index (κ1) is 24.8. The lowest BCUT2D eigenvalue weighted by molar-refractivity contribution is 0.0948. The van der Waals surface area contributed by atoms with E-state index in [2.05, 4.69) is 34.3 Å². The van der Waals surface area contributed by atoms with E-state index in [1.807, 2.05) is 42.5 Å². The normalized spacial score (nSPS) is 17.8. The Hall–Kier alpha value is -2.92. The molecule has 0 spiro atoms. The molecule has 1 aliphatic carbocycles. The van der Waals surface area contributed by atoms with Crippen LogP contribution in [0, 0.1) is 5.92 Å². The molecule has 1 saturated carbocycles. The second-order valence-electron chi connectivity index (χ2n) is 10.5. The van der Waals surface area contributed by atoms with Crippen LogP contribution in [0.3, 0.4) is 0 Å². The molecule has 188 valence electrons. The molecule has 2 fully saturated rings. The minimum atomic E-state index is -0.114. The second kappa shape index (κ2) is 11.0. The van der Waals surface area contributed by atoms with Gasteiger partial charge in [-0.2, -0.15) is 0 Å². The Morgan fingerprint density at radius 2 is 1.75 bits per heavy atom. The molecule has 2 aromatic carbocycles. The minimum Gasteiger partial charge on any atom is -0.348 e. The number of piperidine rings is 1. The summed E-state index contributed by atoms with van der Waals surface area (Å²) in [5.74, 6) is 1.37. The van der Waals surface area contributed by atoms with Crippen molar-refractivity contribution in [3.8, 4) is 0 Å². The summed E-state index contributed by atoms with van der Waals surface area (Å²) in [6.07, 6.45) is 9.29. The third kappa shape index (κ3) is 5.57. The van der Waals surface area contributed by atoms with Crippen molar-refractivity contribution in [1.29, 1.82) is 0 Å². The summed E-state index contributed by atoms with van der Waals surface area (Å²) in [5.41, 5.74) is 3.75. The monoisotopic (exact) mass is 502 g/mol. The van der Waals surface area contributed by atoms with Crippen molar-refractivity contribution in [2.45, 2.75) is 63.8 Å². The highest BCUT2D eigenvalue weighted by molar-refractivity contribution is 6.30. The number of hydrogen-bond donors (Lipinski definition) is 1. The van der Waals surface area contributed by atoms with Gasteiger partial charge in [0.15, 0.2) is 0 Å². The first-order valence-electron chi connectivity index (χ1n) is 13.2. The zero-order valence-corrected chi connectivity index (χ0v) is 21.8. The fourth-order valence-electron chi connectivity index (χ4n) is 5.71. The summed E-state index contributed by atoms with van der Waals surface area (Å²) in [5, 5.41) is 3.84. The van der Waals surface area contributed by atoms with Crippen LogP contribution >= 0.6 is 11.6 Å². The van der Waals surface area contributed by atoms with Crippen LogP contribution in [0.15, 0.2) is 60.8 Å². The van der Waals surface area contributed by atoms with Crippen LogP contribution < -0.4 is 10.2 Å². The Morgan fingerprint density at radius 3 is 2.44 bits per heavy atom. The number of rotatable bonds is 7. The highest BCUT2D eigenvalue weighted by Crippen LogP contribution is 2.44. The number of carbonyl (C=O) groups is 1. The van der Waals surface area contributed by atoms with Crippen LogP contribution in [0.2, 0.25) is 5.02 Å². The lowest BCUT2D eigenvalue weighted by Gasteiger charge is -2.32. The quantitative estimate of drug-likeness (QED) is 0.409. The molecule has 1 aromatic heterocycles. The van der Waals surface area contributed by atoms with Gasteiger partial charge in [-0.1, -0.05) is 73.8 Å². The minimum absolute atomic E-state index is 0.0406. The molecular formula is C30H35ClN4O. The summed E-state index contributed by atoms with van der Waals surface area (Å²) in [7, 11) is 0. The van der Waals surface area contributed by atoms with Crippen LogP contribution in [0.5, 0.6) is 0 Å². The first-order valence-corrected chi connectivity index (χ1v) is 13.6. The van der Waals surface area contributed by atoms with Gasteiger partial charge in [-0.3, -0.25) is 4.79 Å². The molecule has 1 amide bonds. The predicted molar refractivity (Wildman–Crippen MR) is 146 cm³/mol. The van der Waals surface area contributed by atoms with E-state index in [0.717, 1.165) is 73.3 Å². The zero-order valence-electron chi connectivity index (χ0n) is 21.0. The molecule has 0 atom stereocenters. The molecule has 36 heavy (non-hydrogen) atoms. The van der Waals surface area contributed by atoms with Gasteiger partial charge in [0.05, 0.1) is 11.3 Å². The van der Waals surface area contributed by atoms with Crippen molar-refractivity contribution in [2.75, 3.05) is 18.0 Å². The summed E-state index contributed by atoms with van der Waals surface area (Å²) in [4.78, 5) is 25.4. The Labute approximate surface area is 219 Å². The molecule has 2 aliphatic rings. The third-order valence-electron chi connectivity index (χ3n) is 7.99. The number of halogens is 1. The maximum Gasteiger partial charge on any atom is 0.254 e. The molecule has 5 rings (SSSR count). The van der Waals surface area contributed by atoms with Gasteiger partial charge in [0.1, 0.15) is 0 Å². The van der Waals surface area contributed by atoms with Crippen LogP contribution in [-0.2, 0) is 18.4 Å². The van der Waals surface area contributed by atoms with Crippen molar-refractivity contribution in [3.63, 3.8) is 0 Å². The molecule has 0 radical (unpaired) electrons. The van der Waals surface area contributed by atoms with Crippen molar-refractivity contribution >= 4 is 23.5 Å². The average molecular weight is 503 g/mol. The van der Waals surface area contributed by atoms with Gasteiger partial charge in [0, 0.05) is 42.7 Å². The molecule has 6 heteroatoms. The van der Waals surface area contributed by atoms with Gasteiger partial charge < -0.3 is 10.2 Å². The van der Waals surface area contributed by atoms with E-state index in [4.69, 9.17) is 16.6 Å². The topological polar surface area (TPSA) is 58.1 Å². The van der Waals surface area contributed by atoms with Gasteiger partial charge in [-0.25, -0.2) is 9.97 Å². The average Bonchev–Trinajstić information content (AvgIpc) is 3.38. The number of amides is 1. The maximum absolute atomic E-state index is 13.4. The first-order chi connectivity index (χ1) is 17.5. The number of nitrogens with one attached hydrogen (secondary N) is 1. The molecule has 1 aliphatic heterocycles. The fraction of sp³-hybridized carbons (Fsp3) is 0.433. The lowest BCUT2D eigenvalue weighted by atomic mass is 9.74. The molecular weight excluding hydrogens is 468 g/mol. The fourth-order valence-corrected chi connectivity index (χ4v) is 5.83. The molecule has 1 saturated heterocycles. The van der Waals surface area contributed by atoms with Gasteiger partial charge in [0.2, 0.25) is 5.95 Å². The standard InChI is InChI=1S/C30H35ClN4O/c1-22-13-17-35(18-14-22)29-33-21-26(28(36)32-20-23-7-3-2-4-8-23)27(34-29)19-30(15-5-6-16-30)24-9-11-25(31)12-10-24/h2-4,7-12,21-22H,5-6,13-20H2,1H3,(H,32,36). The molecule has 2 heterocycles. The molecule has 0 bridgehead atoms. The van der Waals surface area contributed by atoms with Crippen LogP contribution in [0.4, 0.5) is 5.95 Å². The predicted octanol–water partition coefficient (Wildman–Crippen LogP) is 6.35.